The zero-order chi connectivity index (χ0) is 38.4. The van der Waals surface area contributed by atoms with E-state index in [0.717, 1.165) is 50.1 Å². The molecule has 0 fully saturated rings. The van der Waals surface area contributed by atoms with Crippen molar-refractivity contribution in [1.29, 1.82) is 0 Å². The number of hydrogen-bond donors (Lipinski definition) is 0. The monoisotopic (exact) mass is 739 g/mol. The lowest BCUT2D eigenvalue weighted by Gasteiger charge is -2.30. The molecule has 10 aromatic carbocycles. The molecule has 0 spiro atoms. The van der Waals surface area contributed by atoms with E-state index in [2.05, 4.69) is 223 Å². The van der Waals surface area contributed by atoms with Crippen molar-refractivity contribution >= 4 is 60.5 Å². The van der Waals surface area contributed by atoms with Crippen LogP contribution >= 0.6 is 0 Å². The second kappa shape index (κ2) is 14.1. The maximum atomic E-state index is 6.79. The Balaban J connectivity index is 1.11. The van der Waals surface area contributed by atoms with Crippen LogP contribution in [0.1, 0.15) is 0 Å². The molecule has 0 amide bonds. The second-order valence-electron chi connectivity index (χ2n) is 14.8. The molecule has 1 aromatic heterocycles. The lowest BCUT2D eigenvalue weighted by molar-refractivity contribution is 0.669. The predicted molar refractivity (Wildman–Crippen MR) is 245 cm³/mol. The van der Waals surface area contributed by atoms with Crippen LogP contribution in [0.5, 0.6) is 0 Å². The standard InChI is InChI=1S/C56H37NO/c1-3-16-40(17-4-1)44-20-7-8-21-45(44)41-32-30-38(31-33-41)39-34-36-43(37-35-39)57(52-28-15-27-51-48-24-13-14-29-53(48)58-56(51)52)55-50-26-12-10-23-47(50)46-22-9-11-25-49(46)54(55)42-18-5-2-6-19-42/h1-37H. The zero-order valence-corrected chi connectivity index (χ0v) is 31.7. The van der Waals surface area contributed by atoms with Gasteiger partial charge in [0.2, 0.25) is 0 Å². The molecule has 0 N–H and O–H groups in total. The molecule has 0 unspecified atom stereocenters. The van der Waals surface area contributed by atoms with Crippen molar-refractivity contribution in [3.05, 3.63) is 224 Å². The van der Waals surface area contributed by atoms with E-state index in [-0.39, 0.29) is 0 Å². The van der Waals surface area contributed by atoms with Crippen LogP contribution in [0, 0.1) is 0 Å². The van der Waals surface area contributed by atoms with Gasteiger partial charge in [-0.25, -0.2) is 0 Å². The van der Waals surface area contributed by atoms with E-state index in [0.29, 0.717) is 0 Å². The molecule has 0 bridgehead atoms. The molecule has 0 saturated heterocycles. The first-order chi connectivity index (χ1) is 28.8. The Morgan fingerprint density at radius 1 is 0.293 bits per heavy atom. The second-order valence-corrected chi connectivity index (χ2v) is 14.8. The van der Waals surface area contributed by atoms with E-state index < -0.39 is 0 Å². The van der Waals surface area contributed by atoms with Crippen LogP contribution in [0.4, 0.5) is 17.1 Å². The number of rotatable bonds is 7. The summed E-state index contributed by atoms with van der Waals surface area (Å²) in [4.78, 5) is 2.43. The highest BCUT2D eigenvalue weighted by Gasteiger charge is 2.26. The molecule has 11 rings (SSSR count). The highest BCUT2D eigenvalue weighted by molar-refractivity contribution is 6.23. The van der Waals surface area contributed by atoms with Gasteiger partial charge in [0.1, 0.15) is 5.58 Å². The molecule has 11 aromatic rings. The summed E-state index contributed by atoms with van der Waals surface area (Å²) < 4.78 is 6.79. The summed E-state index contributed by atoms with van der Waals surface area (Å²) in [6, 6.07) is 80.5. The normalized spacial score (nSPS) is 11.4. The number of hydrogen-bond acceptors (Lipinski definition) is 2. The van der Waals surface area contributed by atoms with Crippen LogP contribution in [0.25, 0.3) is 88.0 Å². The van der Waals surface area contributed by atoms with Crippen LogP contribution < -0.4 is 4.90 Å². The Labute approximate surface area is 337 Å². The van der Waals surface area contributed by atoms with Gasteiger partial charge in [0.05, 0.1) is 11.4 Å². The Morgan fingerprint density at radius 3 is 1.43 bits per heavy atom. The van der Waals surface area contributed by atoms with Crippen LogP contribution in [0.15, 0.2) is 229 Å². The molecule has 2 heteroatoms. The van der Waals surface area contributed by atoms with E-state index >= 15 is 0 Å². The molecule has 0 atom stereocenters. The van der Waals surface area contributed by atoms with Crippen LogP contribution in [-0.4, -0.2) is 0 Å². The number of nitrogens with zero attached hydrogens (tertiary/aromatic N) is 1. The summed E-state index contributed by atoms with van der Waals surface area (Å²) in [6.45, 7) is 0. The summed E-state index contributed by atoms with van der Waals surface area (Å²) in [5, 5.41) is 7.01. The first kappa shape index (κ1) is 33.6. The lowest BCUT2D eigenvalue weighted by Crippen LogP contribution is -2.12. The highest BCUT2D eigenvalue weighted by atomic mass is 16.3. The van der Waals surface area contributed by atoms with Gasteiger partial charge in [-0.2, -0.15) is 0 Å². The number of benzene rings is 10. The first-order valence-corrected chi connectivity index (χ1v) is 19.8. The number of para-hydroxylation sites is 2. The number of anilines is 3. The third-order valence-corrected chi connectivity index (χ3v) is 11.5. The van der Waals surface area contributed by atoms with Gasteiger partial charge in [-0.05, 0) is 79.4 Å². The molecular weight excluding hydrogens is 703 g/mol. The summed E-state index contributed by atoms with van der Waals surface area (Å²) in [6.07, 6.45) is 0. The van der Waals surface area contributed by atoms with Gasteiger partial charge in [-0.3, -0.25) is 0 Å². The highest BCUT2D eigenvalue weighted by Crippen LogP contribution is 2.51. The van der Waals surface area contributed by atoms with E-state index in [4.69, 9.17) is 4.42 Å². The maximum absolute atomic E-state index is 6.79. The lowest BCUT2D eigenvalue weighted by atomic mass is 9.90. The molecule has 0 saturated carbocycles. The Hall–Kier alpha value is -7.68. The van der Waals surface area contributed by atoms with E-state index in [1.165, 1.54) is 54.9 Å². The van der Waals surface area contributed by atoms with Gasteiger partial charge >= 0.3 is 0 Å². The summed E-state index contributed by atoms with van der Waals surface area (Å²) in [5.41, 5.74) is 14.4. The smallest absolute Gasteiger partial charge is 0.159 e. The van der Waals surface area contributed by atoms with Gasteiger partial charge in [0.25, 0.3) is 0 Å². The van der Waals surface area contributed by atoms with Crippen LogP contribution in [0.2, 0.25) is 0 Å². The number of furan rings is 1. The van der Waals surface area contributed by atoms with Crippen molar-refractivity contribution < 1.29 is 4.42 Å². The van der Waals surface area contributed by atoms with Crippen molar-refractivity contribution in [1.82, 2.24) is 0 Å². The van der Waals surface area contributed by atoms with Gasteiger partial charge in [0, 0.05) is 27.4 Å². The molecule has 0 aliphatic rings. The van der Waals surface area contributed by atoms with Crippen molar-refractivity contribution in [2.45, 2.75) is 0 Å². The Morgan fingerprint density at radius 2 is 0.759 bits per heavy atom. The van der Waals surface area contributed by atoms with Gasteiger partial charge in [-0.1, -0.05) is 200 Å². The minimum Gasteiger partial charge on any atom is -0.454 e. The summed E-state index contributed by atoms with van der Waals surface area (Å²) in [7, 11) is 0. The molecule has 1 heterocycles. The minimum absolute atomic E-state index is 0.857. The average molecular weight is 740 g/mol. The fraction of sp³-hybridized carbons (Fsp3) is 0. The van der Waals surface area contributed by atoms with E-state index in [1.54, 1.807) is 0 Å². The summed E-state index contributed by atoms with van der Waals surface area (Å²) >= 11 is 0. The molecule has 0 aliphatic carbocycles. The van der Waals surface area contributed by atoms with Crippen molar-refractivity contribution in [2.24, 2.45) is 0 Å². The largest absolute Gasteiger partial charge is 0.454 e. The van der Waals surface area contributed by atoms with E-state index in [9.17, 15) is 0 Å². The fourth-order valence-corrected chi connectivity index (χ4v) is 8.80. The first-order valence-electron chi connectivity index (χ1n) is 19.8. The van der Waals surface area contributed by atoms with Crippen molar-refractivity contribution in [2.75, 3.05) is 4.90 Å². The van der Waals surface area contributed by atoms with Gasteiger partial charge in [-0.15, -0.1) is 0 Å². The molecule has 272 valence electrons. The molecule has 2 nitrogen and oxygen atoms in total. The van der Waals surface area contributed by atoms with Crippen LogP contribution in [0.3, 0.4) is 0 Å². The summed E-state index contributed by atoms with van der Waals surface area (Å²) in [5.74, 6) is 0. The topological polar surface area (TPSA) is 16.4 Å². The third kappa shape index (κ3) is 5.66. The quantitative estimate of drug-likeness (QED) is 0.151. The molecule has 58 heavy (non-hydrogen) atoms. The minimum atomic E-state index is 0.857. The maximum Gasteiger partial charge on any atom is 0.159 e. The third-order valence-electron chi connectivity index (χ3n) is 11.5. The van der Waals surface area contributed by atoms with Crippen LogP contribution in [-0.2, 0) is 0 Å². The molecule has 0 aliphatic heterocycles. The average Bonchev–Trinajstić information content (AvgIpc) is 3.69. The van der Waals surface area contributed by atoms with E-state index in [1.807, 2.05) is 6.07 Å². The number of fused-ring (bicyclic) bond motifs is 6. The SMILES string of the molecule is c1ccc(-c2ccccc2-c2ccc(-c3ccc(N(c4c(-c5ccccc5)c5ccccc5c5ccccc45)c4cccc5c4oc4ccccc45)cc3)cc2)cc1. The molecular formula is C56H37NO. The van der Waals surface area contributed by atoms with Crippen molar-refractivity contribution in [3.63, 3.8) is 0 Å². The Kier molecular flexibility index (Phi) is 8.19. The molecule has 0 radical (unpaired) electrons. The van der Waals surface area contributed by atoms with Gasteiger partial charge < -0.3 is 9.32 Å². The van der Waals surface area contributed by atoms with Gasteiger partial charge in [0.15, 0.2) is 5.58 Å². The zero-order valence-electron chi connectivity index (χ0n) is 31.7. The fourth-order valence-electron chi connectivity index (χ4n) is 8.80. The Bertz CT molecular complexity index is 3250. The predicted octanol–water partition coefficient (Wildman–Crippen LogP) is 16.0. The van der Waals surface area contributed by atoms with Crippen molar-refractivity contribution in [3.8, 4) is 44.5 Å².